The molecule has 4 aliphatic rings. The second kappa shape index (κ2) is 15.4. The van der Waals surface area contributed by atoms with Crippen molar-refractivity contribution in [2.24, 2.45) is 29.6 Å². The van der Waals surface area contributed by atoms with Crippen LogP contribution in [0.15, 0.2) is 18.2 Å². The molecule has 0 aromatic heterocycles. The number of Topliss-reactive ketones (excluding diaryl/α,β-unsaturated/α-hetero) is 1. The second-order valence-corrected chi connectivity index (χ2v) is 14.0. The second-order valence-electron chi connectivity index (χ2n) is 14.0. The number of hydrogen-bond acceptors (Lipinski definition) is 5. The minimum atomic E-state index is -0.947. The first-order valence-corrected chi connectivity index (χ1v) is 17.1. The third-order valence-corrected chi connectivity index (χ3v) is 11.0. The molecule has 7 unspecified atom stereocenters. The fraction of sp³-hybridized carbons (Fsp3) is 0.771. The van der Waals surface area contributed by atoms with Gasteiger partial charge < -0.3 is 20.5 Å². The zero-order valence-corrected chi connectivity index (χ0v) is 25.9. The normalized spacial score (nSPS) is 32.0. The van der Waals surface area contributed by atoms with Crippen LogP contribution in [-0.2, 0) is 20.7 Å². The van der Waals surface area contributed by atoms with E-state index in [4.69, 9.17) is 4.74 Å². The summed E-state index contributed by atoms with van der Waals surface area (Å²) >= 11 is 0. The van der Waals surface area contributed by atoms with Crippen LogP contribution in [-0.4, -0.2) is 54.2 Å². The summed E-state index contributed by atoms with van der Waals surface area (Å²) in [5, 5.41) is 17.4. The summed E-state index contributed by atoms with van der Waals surface area (Å²) in [5.41, 5.74) is 0.368. The van der Waals surface area contributed by atoms with Crippen LogP contribution in [0.5, 0.6) is 0 Å². The van der Waals surface area contributed by atoms with Crippen molar-refractivity contribution < 1.29 is 28.2 Å². The molecule has 8 heteroatoms. The number of nitrogens with one attached hydrogen (secondary N) is 2. The third kappa shape index (κ3) is 8.85. The number of ketones is 1. The van der Waals surface area contributed by atoms with Gasteiger partial charge in [-0.15, -0.1) is 0 Å². The molecule has 5 rings (SSSR count). The first-order valence-electron chi connectivity index (χ1n) is 17.1. The topological polar surface area (TPSA) is 87.7 Å². The number of aliphatic hydroxyl groups is 1. The van der Waals surface area contributed by atoms with E-state index in [2.05, 4.69) is 17.6 Å². The summed E-state index contributed by atoms with van der Waals surface area (Å²) in [6.45, 7) is 3.30. The number of halogens is 2. The zero-order chi connectivity index (χ0) is 30.3. The number of carbonyl (C=O) groups is 2. The molecule has 3 aliphatic carbocycles. The quantitative estimate of drug-likeness (QED) is 0.263. The average Bonchev–Trinajstić information content (AvgIpc) is 3.37. The Bertz CT molecular complexity index is 1070. The number of aliphatic hydroxyl groups excluding tert-OH is 1. The van der Waals surface area contributed by atoms with E-state index >= 15 is 0 Å². The lowest BCUT2D eigenvalue weighted by Crippen LogP contribution is -2.49. The average molecular weight is 603 g/mol. The van der Waals surface area contributed by atoms with E-state index in [0.29, 0.717) is 29.4 Å². The Labute approximate surface area is 256 Å². The van der Waals surface area contributed by atoms with Crippen molar-refractivity contribution >= 4 is 11.7 Å². The Morgan fingerprint density at radius 2 is 1.65 bits per heavy atom. The monoisotopic (exact) mass is 602 g/mol. The molecule has 0 radical (unpaired) electrons. The van der Waals surface area contributed by atoms with Crippen LogP contribution < -0.4 is 10.6 Å². The van der Waals surface area contributed by atoms with Crippen molar-refractivity contribution in [3.63, 3.8) is 0 Å². The van der Waals surface area contributed by atoms with Crippen LogP contribution in [0.1, 0.15) is 102 Å². The van der Waals surface area contributed by atoms with Crippen LogP contribution in [0.3, 0.4) is 0 Å². The molecule has 43 heavy (non-hydrogen) atoms. The molecule has 6 nitrogen and oxygen atoms in total. The molecule has 3 saturated carbocycles. The SMILES string of the molecule is CCC1CCCC(CNC[C@H](O)[C@@H](Cc2cc(F)cc(F)c2)NC(=O)CCC(=O)C2CCC3OC4CCCCC4C3C2)C1. The van der Waals surface area contributed by atoms with Gasteiger partial charge in [-0.3, -0.25) is 9.59 Å². The third-order valence-electron chi connectivity index (χ3n) is 11.0. The molecule has 0 bridgehead atoms. The molecule has 3 N–H and O–H groups in total. The van der Waals surface area contributed by atoms with E-state index in [1.165, 1.54) is 63.5 Å². The molecule has 1 saturated heterocycles. The minimum Gasteiger partial charge on any atom is -0.390 e. The van der Waals surface area contributed by atoms with Gasteiger partial charge in [-0.05, 0) is 99.3 Å². The van der Waals surface area contributed by atoms with Gasteiger partial charge in [0.2, 0.25) is 5.91 Å². The molecular weight excluding hydrogens is 550 g/mol. The minimum absolute atomic E-state index is 0.0220. The summed E-state index contributed by atoms with van der Waals surface area (Å²) < 4.78 is 34.2. The van der Waals surface area contributed by atoms with Crippen LogP contribution in [0.4, 0.5) is 8.78 Å². The van der Waals surface area contributed by atoms with Crippen molar-refractivity contribution in [1.29, 1.82) is 0 Å². The summed E-state index contributed by atoms with van der Waals surface area (Å²) in [7, 11) is 0. The van der Waals surface area contributed by atoms with Crippen LogP contribution >= 0.6 is 0 Å². The lowest BCUT2D eigenvalue weighted by Gasteiger charge is -2.33. The zero-order valence-electron chi connectivity index (χ0n) is 25.9. The van der Waals surface area contributed by atoms with Crippen molar-refractivity contribution in [3.8, 4) is 0 Å². The fourth-order valence-corrected chi connectivity index (χ4v) is 8.62. The molecule has 1 aliphatic heterocycles. The van der Waals surface area contributed by atoms with E-state index < -0.39 is 23.8 Å². The standard InChI is InChI=1S/C35H52F2N2O4/c1-2-22-6-5-7-23(14-22)20-38-21-32(41)30(17-24-15-26(36)19-27(37)16-24)39-35(42)13-11-31(40)25-10-12-34-29(18-25)28-8-3-4-9-33(28)43-34/h15-16,19,22-23,25,28-30,32-34,38,41H,2-14,17-18,20-21H2,1H3,(H,39,42)/t22?,23?,25?,28?,29?,30-,32+,33?,34?/m1/s1. The number of fused-ring (bicyclic) bond motifs is 3. The van der Waals surface area contributed by atoms with E-state index in [1.54, 1.807) is 0 Å². The van der Waals surface area contributed by atoms with Gasteiger partial charge in [-0.2, -0.15) is 0 Å². The molecule has 9 atom stereocenters. The van der Waals surface area contributed by atoms with Crippen molar-refractivity contribution in [2.45, 2.75) is 128 Å². The van der Waals surface area contributed by atoms with E-state index in [-0.39, 0.29) is 49.5 Å². The largest absolute Gasteiger partial charge is 0.390 e. The first kappa shape index (κ1) is 32.5. The van der Waals surface area contributed by atoms with Crippen LogP contribution in [0, 0.1) is 41.2 Å². The Morgan fingerprint density at radius 3 is 2.44 bits per heavy atom. The maximum Gasteiger partial charge on any atom is 0.220 e. The molecule has 4 fully saturated rings. The summed E-state index contributed by atoms with van der Waals surface area (Å²) in [5.74, 6) is 0.770. The van der Waals surface area contributed by atoms with Gasteiger partial charge in [-0.25, -0.2) is 8.78 Å². The predicted molar refractivity (Wildman–Crippen MR) is 162 cm³/mol. The number of carbonyl (C=O) groups excluding carboxylic acids is 2. The maximum atomic E-state index is 13.9. The van der Waals surface area contributed by atoms with Gasteiger partial charge in [0.15, 0.2) is 0 Å². The van der Waals surface area contributed by atoms with E-state index in [0.717, 1.165) is 44.2 Å². The van der Waals surface area contributed by atoms with Crippen LogP contribution in [0.2, 0.25) is 0 Å². The molecule has 0 spiro atoms. The Morgan fingerprint density at radius 1 is 0.907 bits per heavy atom. The molecule has 1 aromatic rings. The van der Waals surface area contributed by atoms with Crippen molar-refractivity contribution in [3.05, 3.63) is 35.4 Å². The summed E-state index contributed by atoms with van der Waals surface area (Å²) in [6.07, 6.45) is 13.5. The number of rotatable bonds is 13. The predicted octanol–water partition coefficient (Wildman–Crippen LogP) is 5.88. The van der Waals surface area contributed by atoms with Gasteiger partial charge in [-0.1, -0.05) is 39.0 Å². The highest BCUT2D eigenvalue weighted by Gasteiger charge is 2.48. The lowest BCUT2D eigenvalue weighted by molar-refractivity contribution is -0.129. The Kier molecular flexibility index (Phi) is 11.6. The number of benzene rings is 1. The van der Waals surface area contributed by atoms with Crippen molar-refractivity contribution in [1.82, 2.24) is 10.6 Å². The lowest BCUT2D eigenvalue weighted by atomic mass is 9.69. The molecular formula is C35H52F2N2O4. The van der Waals surface area contributed by atoms with Gasteiger partial charge in [0.1, 0.15) is 17.4 Å². The molecule has 1 amide bonds. The highest BCUT2D eigenvalue weighted by atomic mass is 19.1. The van der Waals surface area contributed by atoms with Gasteiger partial charge in [0.05, 0.1) is 24.4 Å². The Hall–Kier alpha value is -1.90. The van der Waals surface area contributed by atoms with Crippen LogP contribution in [0.25, 0.3) is 0 Å². The number of ether oxygens (including phenoxy) is 1. The molecule has 240 valence electrons. The van der Waals surface area contributed by atoms with Gasteiger partial charge >= 0.3 is 0 Å². The fourth-order valence-electron chi connectivity index (χ4n) is 8.62. The molecule has 1 aromatic carbocycles. The number of amides is 1. The molecule has 1 heterocycles. The smallest absolute Gasteiger partial charge is 0.220 e. The first-order chi connectivity index (χ1) is 20.8. The highest BCUT2D eigenvalue weighted by Crippen LogP contribution is 2.49. The van der Waals surface area contributed by atoms with Gasteiger partial charge in [0, 0.05) is 31.4 Å². The van der Waals surface area contributed by atoms with E-state index in [9.17, 15) is 23.5 Å². The Balaban J connectivity index is 1.12. The number of hydrogen-bond donors (Lipinski definition) is 3. The highest BCUT2D eigenvalue weighted by molar-refractivity contribution is 5.86. The van der Waals surface area contributed by atoms with Crippen molar-refractivity contribution in [2.75, 3.05) is 13.1 Å². The summed E-state index contributed by atoms with van der Waals surface area (Å²) in [4.78, 5) is 26.3. The van der Waals surface area contributed by atoms with E-state index in [1.807, 2.05) is 0 Å². The maximum absolute atomic E-state index is 13.9. The van der Waals surface area contributed by atoms with Gasteiger partial charge in [0.25, 0.3) is 0 Å². The summed E-state index contributed by atoms with van der Waals surface area (Å²) in [6, 6.07) is 2.55.